The molecular formula is C14H13BrN2O2. The van der Waals surface area contributed by atoms with Crippen LogP contribution in [0.1, 0.15) is 16.1 Å². The molecule has 0 spiro atoms. The van der Waals surface area contributed by atoms with Crippen LogP contribution in [-0.2, 0) is 6.61 Å². The molecular weight excluding hydrogens is 308 g/mol. The van der Waals surface area contributed by atoms with Crippen LogP contribution in [0, 0.1) is 0 Å². The zero-order chi connectivity index (χ0) is 13.8. The Hall–Kier alpha value is -1.72. The summed E-state index contributed by atoms with van der Waals surface area (Å²) in [4.78, 5) is 17.8. The second-order valence-electron chi connectivity index (χ2n) is 4.04. The fourth-order valence-electron chi connectivity index (χ4n) is 1.69. The van der Waals surface area contributed by atoms with Crippen LogP contribution in [0.4, 0.5) is 5.69 Å². The molecule has 2 rings (SSSR count). The molecule has 1 amide bonds. The minimum absolute atomic E-state index is 0.143. The molecule has 0 fully saturated rings. The number of anilines is 1. The standard InChI is InChI=1S/C14H13BrN2O2/c1-17(13-4-2-3-11(15)8-13)14(19)10-5-6-16-12(7-10)9-18/h2-8,18H,9H2,1H3. The van der Waals surface area contributed by atoms with Gasteiger partial charge < -0.3 is 10.0 Å². The van der Waals surface area contributed by atoms with Gasteiger partial charge in [-0.1, -0.05) is 22.0 Å². The first-order valence-corrected chi connectivity index (χ1v) is 6.50. The normalized spacial score (nSPS) is 10.3. The Morgan fingerprint density at radius 3 is 2.84 bits per heavy atom. The number of nitrogens with zero attached hydrogens (tertiary/aromatic N) is 2. The van der Waals surface area contributed by atoms with Gasteiger partial charge in [-0.3, -0.25) is 9.78 Å². The molecule has 5 heteroatoms. The molecule has 0 saturated heterocycles. The summed E-state index contributed by atoms with van der Waals surface area (Å²) in [6.45, 7) is -0.179. The highest BCUT2D eigenvalue weighted by Gasteiger charge is 2.14. The number of carbonyl (C=O) groups excluding carboxylic acids is 1. The number of benzene rings is 1. The van der Waals surface area contributed by atoms with Crippen molar-refractivity contribution in [2.75, 3.05) is 11.9 Å². The Bertz CT molecular complexity index is 602. The van der Waals surface area contributed by atoms with Crippen molar-refractivity contribution in [1.29, 1.82) is 0 Å². The highest BCUT2D eigenvalue weighted by molar-refractivity contribution is 9.10. The van der Waals surface area contributed by atoms with Crippen LogP contribution in [0.3, 0.4) is 0 Å². The first kappa shape index (κ1) is 13.7. The zero-order valence-corrected chi connectivity index (χ0v) is 12.0. The molecule has 4 nitrogen and oxygen atoms in total. The monoisotopic (exact) mass is 320 g/mol. The third kappa shape index (κ3) is 3.19. The Labute approximate surface area is 119 Å². The zero-order valence-electron chi connectivity index (χ0n) is 10.4. The van der Waals surface area contributed by atoms with E-state index < -0.39 is 0 Å². The molecule has 0 bridgehead atoms. The SMILES string of the molecule is CN(C(=O)c1ccnc(CO)c1)c1cccc(Br)c1. The van der Waals surface area contributed by atoms with Crippen LogP contribution in [0.5, 0.6) is 0 Å². The molecule has 1 heterocycles. The van der Waals surface area contributed by atoms with Gasteiger partial charge in [-0.05, 0) is 30.3 Å². The maximum Gasteiger partial charge on any atom is 0.258 e. The molecule has 1 aromatic heterocycles. The topological polar surface area (TPSA) is 53.4 Å². The molecule has 0 radical (unpaired) electrons. The second-order valence-corrected chi connectivity index (χ2v) is 4.95. The molecule has 2 aromatic rings. The molecule has 1 N–H and O–H groups in total. The van der Waals surface area contributed by atoms with E-state index in [0.29, 0.717) is 11.3 Å². The van der Waals surface area contributed by atoms with E-state index in [9.17, 15) is 4.79 Å². The van der Waals surface area contributed by atoms with Gasteiger partial charge in [-0.2, -0.15) is 0 Å². The van der Waals surface area contributed by atoms with E-state index in [2.05, 4.69) is 20.9 Å². The van der Waals surface area contributed by atoms with Gasteiger partial charge in [0.1, 0.15) is 0 Å². The number of hydrogen-bond donors (Lipinski definition) is 1. The number of rotatable bonds is 3. The van der Waals surface area contributed by atoms with Crippen molar-refractivity contribution in [1.82, 2.24) is 4.98 Å². The average molecular weight is 321 g/mol. The van der Waals surface area contributed by atoms with Crippen molar-refractivity contribution in [2.45, 2.75) is 6.61 Å². The summed E-state index contributed by atoms with van der Waals surface area (Å²) in [6.07, 6.45) is 1.52. The van der Waals surface area contributed by atoms with Crippen LogP contribution in [0.25, 0.3) is 0 Å². The molecule has 19 heavy (non-hydrogen) atoms. The summed E-state index contributed by atoms with van der Waals surface area (Å²) >= 11 is 3.38. The Morgan fingerprint density at radius 1 is 1.37 bits per heavy atom. The molecule has 0 aliphatic heterocycles. The summed E-state index contributed by atoms with van der Waals surface area (Å²) in [5.41, 5.74) is 1.77. The largest absolute Gasteiger partial charge is 0.390 e. The second kappa shape index (κ2) is 5.95. The lowest BCUT2D eigenvalue weighted by molar-refractivity contribution is 0.0992. The van der Waals surface area contributed by atoms with Crippen LogP contribution in [0.15, 0.2) is 47.1 Å². The van der Waals surface area contributed by atoms with Gasteiger partial charge in [0, 0.05) is 29.0 Å². The quantitative estimate of drug-likeness (QED) is 0.945. The summed E-state index contributed by atoms with van der Waals surface area (Å²) in [6, 6.07) is 10.7. The van der Waals surface area contributed by atoms with E-state index in [1.165, 1.54) is 6.20 Å². The number of pyridine rings is 1. The Morgan fingerprint density at radius 2 is 2.16 bits per heavy atom. The van der Waals surface area contributed by atoms with Crippen LogP contribution >= 0.6 is 15.9 Å². The molecule has 0 saturated carbocycles. The molecule has 98 valence electrons. The van der Waals surface area contributed by atoms with Crippen molar-refractivity contribution in [3.63, 3.8) is 0 Å². The summed E-state index contributed by atoms with van der Waals surface area (Å²) in [5, 5.41) is 9.04. The molecule has 0 unspecified atom stereocenters. The van der Waals surface area contributed by atoms with E-state index in [1.807, 2.05) is 24.3 Å². The lowest BCUT2D eigenvalue weighted by Crippen LogP contribution is -2.26. The maximum atomic E-state index is 12.3. The van der Waals surface area contributed by atoms with Gasteiger partial charge in [0.25, 0.3) is 5.91 Å². The highest BCUT2D eigenvalue weighted by Crippen LogP contribution is 2.20. The van der Waals surface area contributed by atoms with E-state index in [-0.39, 0.29) is 12.5 Å². The van der Waals surface area contributed by atoms with E-state index in [4.69, 9.17) is 5.11 Å². The molecule has 0 atom stereocenters. The highest BCUT2D eigenvalue weighted by atomic mass is 79.9. The van der Waals surface area contributed by atoms with E-state index in [0.717, 1.165) is 10.2 Å². The number of amides is 1. The lowest BCUT2D eigenvalue weighted by atomic mass is 10.2. The fraction of sp³-hybridized carbons (Fsp3) is 0.143. The summed E-state index contributed by atoms with van der Waals surface area (Å²) in [7, 11) is 1.71. The molecule has 1 aromatic carbocycles. The first-order chi connectivity index (χ1) is 9.11. The minimum atomic E-state index is -0.179. The summed E-state index contributed by atoms with van der Waals surface area (Å²) < 4.78 is 0.912. The van der Waals surface area contributed by atoms with Crippen molar-refractivity contribution in [2.24, 2.45) is 0 Å². The van der Waals surface area contributed by atoms with Gasteiger partial charge in [0.2, 0.25) is 0 Å². The number of aliphatic hydroxyl groups is 1. The number of aromatic nitrogens is 1. The van der Waals surface area contributed by atoms with Crippen LogP contribution < -0.4 is 4.90 Å². The predicted octanol–water partition coefficient (Wildman–Crippen LogP) is 2.61. The average Bonchev–Trinajstić information content (AvgIpc) is 2.45. The number of halogens is 1. The van der Waals surface area contributed by atoms with Crippen molar-refractivity contribution in [3.05, 3.63) is 58.3 Å². The lowest BCUT2D eigenvalue weighted by Gasteiger charge is -2.17. The van der Waals surface area contributed by atoms with Crippen molar-refractivity contribution in [3.8, 4) is 0 Å². The van der Waals surface area contributed by atoms with Crippen molar-refractivity contribution < 1.29 is 9.90 Å². The van der Waals surface area contributed by atoms with Gasteiger partial charge in [-0.15, -0.1) is 0 Å². The summed E-state index contributed by atoms with van der Waals surface area (Å²) in [5.74, 6) is -0.143. The van der Waals surface area contributed by atoms with Crippen LogP contribution in [0.2, 0.25) is 0 Å². The third-order valence-electron chi connectivity index (χ3n) is 2.73. The van der Waals surface area contributed by atoms with Gasteiger partial charge in [0.15, 0.2) is 0 Å². The first-order valence-electron chi connectivity index (χ1n) is 5.71. The third-order valence-corrected chi connectivity index (χ3v) is 3.22. The van der Waals surface area contributed by atoms with Crippen LogP contribution in [-0.4, -0.2) is 23.0 Å². The van der Waals surface area contributed by atoms with E-state index >= 15 is 0 Å². The van der Waals surface area contributed by atoms with Gasteiger partial charge >= 0.3 is 0 Å². The Balaban J connectivity index is 2.28. The van der Waals surface area contributed by atoms with Gasteiger partial charge in [-0.25, -0.2) is 0 Å². The smallest absolute Gasteiger partial charge is 0.258 e. The predicted molar refractivity (Wildman–Crippen MR) is 77.0 cm³/mol. The Kier molecular flexibility index (Phi) is 4.29. The van der Waals surface area contributed by atoms with Crippen molar-refractivity contribution >= 4 is 27.5 Å². The number of aliphatic hydroxyl groups excluding tert-OH is 1. The van der Waals surface area contributed by atoms with Gasteiger partial charge in [0.05, 0.1) is 12.3 Å². The fourth-order valence-corrected chi connectivity index (χ4v) is 2.08. The minimum Gasteiger partial charge on any atom is -0.390 e. The molecule has 0 aliphatic carbocycles. The number of hydrogen-bond acceptors (Lipinski definition) is 3. The molecule has 0 aliphatic rings. The number of carbonyl (C=O) groups is 1. The van der Waals surface area contributed by atoms with E-state index in [1.54, 1.807) is 24.1 Å². The maximum absolute atomic E-state index is 12.3.